The van der Waals surface area contributed by atoms with Crippen molar-refractivity contribution in [1.82, 2.24) is 19.3 Å². The second kappa shape index (κ2) is 12.5. The molecule has 0 radical (unpaired) electrons. The molecule has 0 saturated carbocycles. The third-order valence-corrected chi connectivity index (χ3v) is 8.91. The summed E-state index contributed by atoms with van der Waals surface area (Å²) in [5, 5.41) is 7.01. The number of hydrogen-bond donors (Lipinski definition) is 0. The quantitative estimate of drug-likeness (QED) is 0.163. The molecule has 0 unspecified atom stereocenters. The van der Waals surface area contributed by atoms with Crippen LogP contribution in [0.3, 0.4) is 0 Å². The second-order valence-electron chi connectivity index (χ2n) is 14.5. The predicted molar refractivity (Wildman–Crippen MR) is 192 cm³/mol. The Morgan fingerprint density at radius 1 is 0.708 bits per heavy atom. The van der Waals surface area contributed by atoms with Crippen LogP contribution in [0.15, 0.2) is 97.5 Å². The number of pyridine rings is 1. The zero-order chi connectivity index (χ0) is 33.1. The van der Waals surface area contributed by atoms with E-state index in [4.69, 9.17) is 14.8 Å². The Morgan fingerprint density at radius 2 is 1.44 bits per heavy atom. The minimum absolute atomic E-state index is 0. The Labute approximate surface area is 297 Å². The van der Waals surface area contributed by atoms with Gasteiger partial charge in [0.05, 0.1) is 6.20 Å². The molecular formula is C42H40N4OPt. The van der Waals surface area contributed by atoms with Crippen LogP contribution in [0, 0.1) is 26.0 Å². The first-order valence-corrected chi connectivity index (χ1v) is 16.2. The molecule has 0 aliphatic rings. The van der Waals surface area contributed by atoms with Crippen LogP contribution in [0.1, 0.15) is 63.8 Å². The predicted octanol–water partition coefficient (Wildman–Crippen LogP) is 10.6. The fourth-order valence-electron chi connectivity index (χ4n) is 6.29. The molecule has 48 heavy (non-hydrogen) atoms. The summed E-state index contributed by atoms with van der Waals surface area (Å²) in [5.41, 5.74) is 9.79. The van der Waals surface area contributed by atoms with Crippen LogP contribution >= 0.6 is 0 Å². The number of benzene rings is 4. The van der Waals surface area contributed by atoms with Crippen molar-refractivity contribution >= 4 is 21.8 Å². The molecule has 7 aromatic rings. The van der Waals surface area contributed by atoms with Crippen LogP contribution in [0.25, 0.3) is 44.4 Å². The van der Waals surface area contributed by atoms with Crippen molar-refractivity contribution in [3.63, 3.8) is 0 Å². The van der Waals surface area contributed by atoms with Gasteiger partial charge < -0.3 is 9.30 Å². The van der Waals surface area contributed by atoms with Crippen molar-refractivity contribution in [2.24, 2.45) is 0 Å². The molecule has 3 heterocycles. The molecular weight excluding hydrogens is 772 g/mol. The van der Waals surface area contributed by atoms with Crippen LogP contribution in [0.2, 0.25) is 0 Å². The molecule has 0 spiro atoms. The second-order valence-corrected chi connectivity index (χ2v) is 14.5. The number of ether oxygens (including phenoxy) is 1. The van der Waals surface area contributed by atoms with Gasteiger partial charge in [-0.2, -0.15) is 11.2 Å². The Balaban J connectivity index is 0.00000401. The maximum atomic E-state index is 6.59. The Kier molecular flexibility index (Phi) is 8.72. The van der Waals surface area contributed by atoms with Crippen molar-refractivity contribution in [2.75, 3.05) is 0 Å². The van der Waals surface area contributed by atoms with Gasteiger partial charge in [0.1, 0.15) is 5.82 Å². The van der Waals surface area contributed by atoms with Crippen molar-refractivity contribution < 1.29 is 25.8 Å². The van der Waals surface area contributed by atoms with Crippen molar-refractivity contribution in [1.29, 1.82) is 0 Å². The van der Waals surface area contributed by atoms with Gasteiger partial charge in [0.25, 0.3) is 0 Å². The number of nitrogens with zero attached hydrogens (tertiary/aromatic N) is 4. The van der Waals surface area contributed by atoms with E-state index in [1.54, 1.807) is 0 Å². The molecule has 4 aromatic carbocycles. The molecule has 0 aliphatic carbocycles. The van der Waals surface area contributed by atoms with Crippen molar-refractivity contribution in [3.8, 4) is 34.1 Å². The summed E-state index contributed by atoms with van der Waals surface area (Å²) in [6.07, 6.45) is 5.90. The van der Waals surface area contributed by atoms with Crippen LogP contribution in [0.5, 0.6) is 11.5 Å². The molecule has 0 N–H and O–H groups in total. The van der Waals surface area contributed by atoms with Crippen LogP contribution in [-0.4, -0.2) is 19.3 Å². The average molecular weight is 812 g/mol. The Morgan fingerprint density at radius 3 is 2.17 bits per heavy atom. The molecule has 3 aromatic heterocycles. The average Bonchev–Trinajstić information content (AvgIpc) is 3.63. The van der Waals surface area contributed by atoms with Crippen LogP contribution < -0.4 is 4.74 Å². The van der Waals surface area contributed by atoms with E-state index in [-0.39, 0.29) is 31.9 Å². The van der Waals surface area contributed by atoms with E-state index < -0.39 is 0 Å². The maximum absolute atomic E-state index is 6.59. The number of rotatable bonds is 5. The molecule has 5 nitrogen and oxygen atoms in total. The zero-order valence-corrected chi connectivity index (χ0v) is 31.0. The summed E-state index contributed by atoms with van der Waals surface area (Å²) >= 11 is 0. The van der Waals surface area contributed by atoms with E-state index in [1.165, 1.54) is 22.3 Å². The van der Waals surface area contributed by atoms with E-state index in [0.29, 0.717) is 11.5 Å². The smallest absolute Gasteiger partial charge is 0.509 e. The molecule has 7 rings (SSSR count). The van der Waals surface area contributed by atoms with Gasteiger partial charge in [0, 0.05) is 35.0 Å². The SMILES string of the molecule is Cc1cccc(C)c1-c1cnn(-c2[c-]c(Oc3[c-]c4c(cc3)c3ccccc3n4-c3cc(C(C)(C)C)ccn3)cc(C(C)(C)C)c2)c1.[Pt+2]. The molecule has 0 bridgehead atoms. The minimum atomic E-state index is -0.117. The largest absolute Gasteiger partial charge is 2.00 e. The molecule has 6 heteroatoms. The molecule has 0 amide bonds. The maximum Gasteiger partial charge on any atom is 2.00 e. The molecule has 0 saturated heterocycles. The van der Waals surface area contributed by atoms with Crippen LogP contribution in [-0.2, 0) is 31.9 Å². The number of fused-ring (bicyclic) bond motifs is 3. The monoisotopic (exact) mass is 811 g/mol. The minimum Gasteiger partial charge on any atom is -0.509 e. The first-order valence-electron chi connectivity index (χ1n) is 16.2. The van der Waals surface area contributed by atoms with Gasteiger partial charge in [0.15, 0.2) is 0 Å². The fraction of sp³-hybridized carbons (Fsp3) is 0.238. The van der Waals surface area contributed by atoms with Crippen molar-refractivity contribution in [2.45, 2.75) is 66.2 Å². The van der Waals surface area contributed by atoms with E-state index in [0.717, 1.165) is 44.4 Å². The standard InChI is InChI=1S/C42H40N4O.Pt/c1-27-12-11-13-28(2)40(27)29-25-44-45(26-29)32-20-31(42(6,7)8)21-34(23-32)47-33-16-17-36-35-14-9-10-15-37(35)46(38(36)24-33)39-22-30(18-19-43-39)41(3,4)5;/h9-22,25-26H,1-8H3;/q-2;+2. The van der Waals surface area contributed by atoms with Gasteiger partial charge in [-0.05, 0) is 76.2 Å². The van der Waals surface area contributed by atoms with E-state index in [9.17, 15) is 0 Å². The number of para-hydroxylation sites is 1. The number of aromatic nitrogens is 4. The Bertz CT molecular complexity index is 2260. The summed E-state index contributed by atoms with van der Waals surface area (Å²) < 4.78 is 10.7. The third kappa shape index (κ3) is 6.24. The molecule has 0 fully saturated rings. The summed E-state index contributed by atoms with van der Waals surface area (Å²) in [7, 11) is 0. The number of hydrogen-bond acceptors (Lipinski definition) is 3. The molecule has 0 aliphatic heterocycles. The Hall–Kier alpha value is -4.47. The first-order chi connectivity index (χ1) is 22.4. The summed E-state index contributed by atoms with van der Waals surface area (Å²) in [6.45, 7) is 17.6. The van der Waals surface area contributed by atoms with Gasteiger partial charge in [-0.15, -0.1) is 41.3 Å². The van der Waals surface area contributed by atoms with Gasteiger partial charge in [-0.3, -0.25) is 4.68 Å². The topological polar surface area (TPSA) is 44.9 Å². The normalized spacial score (nSPS) is 12.0. The van der Waals surface area contributed by atoms with Crippen molar-refractivity contribution in [3.05, 3.63) is 132 Å². The fourth-order valence-corrected chi connectivity index (χ4v) is 6.29. The van der Waals surface area contributed by atoms with Gasteiger partial charge in [-0.1, -0.05) is 83.5 Å². The van der Waals surface area contributed by atoms with Gasteiger partial charge >= 0.3 is 21.1 Å². The summed E-state index contributed by atoms with van der Waals surface area (Å²) in [4.78, 5) is 4.81. The zero-order valence-electron chi connectivity index (χ0n) is 28.8. The first kappa shape index (κ1) is 33.4. The van der Waals surface area contributed by atoms with E-state index in [2.05, 4.69) is 151 Å². The summed E-state index contributed by atoms with van der Waals surface area (Å²) in [5.74, 6) is 2.08. The summed E-state index contributed by atoms with van der Waals surface area (Å²) in [6, 6.07) is 34.5. The van der Waals surface area contributed by atoms with Gasteiger partial charge in [0.2, 0.25) is 0 Å². The molecule has 244 valence electrons. The van der Waals surface area contributed by atoms with Gasteiger partial charge in [-0.25, -0.2) is 4.98 Å². The van der Waals surface area contributed by atoms with Crippen LogP contribution in [0.4, 0.5) is 0 Å². The van der Waals surface area contributed by atoms with E-state index in [1.807, 2.05) is 23.1 Å². The van der Waals surface area contributed by atoms with E-state index >= 15 is 0 Å². The number of aryl methyl sites for hydroxylation is 2. The third-order valence-electron chi connectivity index (χ3n) is 8.91. The molecule has 0 atom stereocenters.